The SMILES string of the molecule is Cc1ccc(S(=O)(=O)NCC2CCN(c3cccnc3)CC2)cc1Cl. The summed E-state index contributed by atoms with van der Waals surface area (Å²) in [5.74, 6) is 0.337. The Balaban J connectivity index is 1.55. The van der Waals surface area contributed by atoms with Crippen LogP contribution < -0.4 is 9.62 Å². The average molecular weight is 380 g/mol. The molecule has 0 unspecified atom stereocenters. The first kappa shape index (κ1) is 18.2. The summed E-state index contributed by atoms with van der Waals surface area (Å²) in [6.07, 6.45) is 5.53. The molecular formula is C18H22ClN3O2S. The van der Waals surface area contributed by atoms with Gasteiger partial charge < -0.3 is 4.90 Å². The first-order valence-electron chi connectivity index (χ1n) is 8.36. The fourth-order valence-corrected chi connectivity index (χ4v) is 4.37. The van der Waals surface area contributed by atoms with E-state index in [1.54, 1.807) is 18.3 Å². The molecule has 0 bridgehead atoms. The molecular weight excluding hydrogens is 358 g/mol. The molecule has 134 valence electrons. The number of sulfonamides is 1. The fraction of sp³-hybridized carbons (Fsp3) is 0.389. The number of anilines is 1. The van der Waals surface area contributed by atoms with Crippen molar-refractivity contribution in [2.24, 2.45) is 5.92 Å². The van der Waals surface area contributed by atoms with E-state index in [1.807, 2.05) is 19.2 Å². The van der Waals surface area contributed by atoms with Crippen molar-refractivity contribution in [1.29, 1.82) is 0 Å². The number of rotatable bonds is 5. The minimum Gasteiger partial charge on any atom is -0.370 e. The van der Waals surface area contributed by atoms with E-state index >= 15 is 0 Å². The van der Waals surface area contributed by atoms with Crippen molar-refractivity contribution in [2.45, 2.75) is 24.7 Å². The van der Waals surface area contributed by atoms with Crippen molar-refractivity contribution in [3.8, 4) is 0 Å². The smallest absolute Gasteiger partial charge is 0.240 e. The molecule has 0 aliphatic carbocycles. The second kappa shape index (κ2) is 7.72. The Hall–Kier alpha value is -1.63. The molecule has 0 amide bonds. The predicted octanol–water partition coefficient (Wildman–Crippen LogP) is 3.24. The van der Waals surface area contributed by atoms with Crippen LogP contribution in [0, 0.1) is 12.8 Å². The molecule has 0 spiro atoms. The zero-order valence-corrected chi connectivity index (χ0v) is 15.7. The first-order valence-corrected chi connectivity index (χ1v) is 10.2. The number of halogens is 1. The topological polar surface area (TPSA) is 62.3 Å². The Morgan fingerprint density at radius 2 is 2.04 bits per heavy atom. The fourth-order valence-electron chi connectivity index (χ4n) is 2.99. The van der Waals surface area contributed by atoms with E-state index in [0.29, 0.717) is 17.5 Å². The van der Waals surface area contributed by atoms with E-state index in [2.05, 4.69) is 20.7 Å². The summed E-state index contributed by atoms with van der Waals surface area (Å²) >= 11 is 6.04. The molecule has 7 heteroatoms. The lowest BCUT2D eigenvalue weighted by molar-refractivity contribution is 0.402. The normalized spacial score (nSPS) is 16.2. The number of aryl methyl sites for hydroxylation is 1. The molecule has 0 atom stereocenters. The van der Waals surface area contributed by atoms with E-state index in [9.17, 15) is 8.42 Å². The maximum absolute atomic E-state index is 12.4. The van der Waals surface area contributed by atoms with E-state index < -0.39 is 10.0 Å². The predicted molar refractivity (Wildman–Crippen MR) is 101 cm³/mol. The third-order valence-electron chi connectivity index (χ3n) is 4.64. The highest BCUT2D eigenvalue weighted by atomic mass is 35.5. The number of pyridine rings is 1. The Kier molecular flexibility index (Phi) is 5.61. The maximum Gasteiger partial charge on any atom is 0.240 e. The molecule has 1 aliphatic heterocycles. The minimum absolute atomic E-state index is 0.218. The van der Waals surface area contributed by atoms with E-state index in [1.165, 1.54) is 6.07 Å². The lowest BCUT2D eigenvalue weighted by Crippen LogP contribution is -2.38. The Morgan fingerprint density at radius 3 is 2.68 bits per heavy atom. The van der Waals surface area contributed by atoms with Gasteiger partial charge in [0.25, 0.3) is 0 Å². The summed E-state index contributed by atoms with van der Waals surface area (Å²) in [7, 11) is -3.52. The van der Waals surface area contributed by atoms with Gasteiger partial charge in [0, 0.05) is 30.9 Å². The monoisotopic (exact) mass is 379 g/mol. The third kappa shape index (κ3) is 4.51. The molecule has 0 saturated carbocycles. The van der Waals surface area contributed by atoms with Crippen LogP contribution >= 0.6 is 11.6 Å². The summed E-state index contributed by atoms with van der Waals surface area (Å²) in [6.45, 7) is 4.12. The van der Waals surface area contributed by atoms with Crippen LogP contribution in [0.4, 0.5) is 5.69 Å². The molecule has 1 fully saturated rings. The number of piperidine rings is 1. The van der Waals surface area contributed by atoms with Gasteiger partial charge in [-0.2, -0.15) is 0 Å². The summed E-state index contributed by atoms with van der Waals surface area (Å²) < 4.78 is 27.6. The van der Waals surface area contributed by atoms with Crippen molar-refractivity contribution in [3.63, 3.8) is 0 Å². The van der Waals surface area contributed by atoms with Crippen LogP contribution in [0.25, 0.3) is 0 Å². The lowest BCUT2D eigenvalue weighted by Gasteiger charge is -2.33. The van der Waals surface area contributed by atoms with Crippen molar-refractivity contribution < 1.29 is 8.42 Å². The van der Waals surface area contributed by atoms with Crippen LogP contribution in [0.1, 0.15) is 18.4 Å². The Labute approximate surface area is 154 Å². The van der Waals surface area contributed by atoms with Gasteiger partial charge in [-0.1, -0.05) is 17.7 Å². The molecule has 3 rings (SSSR count). The molecule has 1 aromatic carbocycles. The quantitative estimate of drug-likeness (QED) is 0.866. The van der Waals surface area contributed by atoms with Gasteiger partial charge in [-0.25, -0.2) is 13.1 Å². The number of hydrogen-bond acceptors (Lipinski definition) is 4. The molecule has 5 nitrogen and oxygen atoms in total. The summed E-state index contributed by atoms with van der Waals surface area (Å²) in [4.78, 5) is 6.66. The van der Waals surface area contributed by atoms with E-state index in [-0.39, 0.29) is 4.90 Å². The maximum atomic E-state index is 12.4. The molecule has 1 saturated heterocycles. The van der Waals surface area contributed by atoms with Crippen LogP contribution in [-0.2, 0) is 10.0 Å². The first-order chi connectivity index (χ1) is 12.0. The van der Waals surface area contributed by atoms with Crippen molar-refractivity contribution in [1.82, 2.24) is 9.71 Å². The summed E-state index contributed by atoms with van der Waals surface area (Å²) in [5, 5.41) is 0.465. The van der Waals surface area contributed by atoms with Crippen molar-refractivity contribution in [3.05, 3.63) is 53.3 Å². The highest BCUT2D eigenvalue weighted by molar-refractivity contribution is 7.89. The zero-order valence-electron chi connectivity index (χ0n) is 14.2. The van der Waals surface area contributed by atoms with Gasteiger partial charge in [0.2, 0.25) is 10.0 Å². The van der Waals surface area contributed by atoms with Crippen LogP contribution in [-0.4, -0.2) is 33.0 Å². The van der Waals surface area contributed by atoms with Crippen molar-refractivity contribution >= 4 is 27.3 Å². The highest BCUT2D eigenvalue weighted by Gasteiger charge is 2.22. The lowest BCUT2D eigenvalue weighted by atomic mass is 9.97. The third-order valence-corrected chi connectivity index (χ3v) is 6.47. The molecule has 1 aliphatic rings. The standard InChI is InChI=1S/C18H22ClN3O2S/c1-14-4-5-17(11-18(14)19)25(23,24)21-12-15-6-9-22(10-7-15)16-3-2-8-20-13-16/h2-5,8,11,13,15,21H,6-7,9-10,12H2,1H3. The molecule has 1 N–H and O–H groups in total. The minimum atomic E-state index is -3.52. The molecule has 2 aromatic rings. The van der Waals surface area contributed by atoms with Gasteiger partial charge in [-0.15, -0.1) is 0 Å². The van der Waals surface area contributed by atoms with E-state index in [4.69, 9.17) is 11.6 Å². The van der Waals surface area contributed by atoms with E-state index in [0.717, 1.165) is 37.2 Å². The molecule has 25 heavy (non-hydrogen) atoms. The van der Waals surface area contributed by atoms with Crippen molar-refractivity contribution in [2.75, 3.05) is 24.5 Å². The van der Waals surface area contributed by atoms with Crippen LogP contribution in [0.15, 0.2) is 47.6 Å². The zero-order chi connectivity index (χ0) is 17.9. The van der Waals surface area contributed by atoms with Gasteiger partial charge in [-0.3, -0.25) is 4.98 Å². The largest absolute Gasteiger partial charge is 0.370 e. The Morgan fingerprint density at radius 1 is 1.28 bits per heavy atom. The average Bonchev–Trinajstić information content (AvgIpc) is 2.63. The molecule has 1 aromatic heterocycles. The summed E-state index contributed by atoms with van der Waals surface area (Å²) in [5.41, 5.74) is 1.99. The second-order valence-corrected chi connectivity index (χ2v) is 8.58. The van der Waals surface area contributed by atoms with Gasteiger partial charge in [0.1, 0.15) is 0 Å². The van der Waals surface area contributed by atoms with Gasteiger partial charge >= 0.3 is 0 Å². The van der Waals surface area contributed by atoms with Gasteiger partial charge in [0.05, 0.1) is 16.8 Å². The number of aromatic nitrogens is 1. The molecule has 2 heterocycles. The second-order valence-electron chi connectivity index (χ2n) is 6.40. The van der Waals surface area contributed by atoms with Gasteiger partial charge in [0.15, 0.2) is 0 Å². The number of hydrogen-bond donors (Lipinski definition) is 1. The molecule has 0 radical (unpaired) electrons. The number of benzene rings is 1. The van der Waals surface area contributed by atoms with Crippen LogP contribution in [0.2, 0.25) is 5.02 Å². The van der Waals surface area contributed by atoms with Crippen LogP contribution in [0.5, 0.6) is 0 Å². The van der Waals surface area contributed by atoms with Crippen LogP contribution in [0.3, 0.4) is 0 Å². The summed E-state index contributed by atoms with van der Waals surface area (Å²) in [6, 6.07) is 8.81. The number of nitrogens with zero attached hydrogens (tertiary/aromatic N) is 2. The number of nitrogens with one attached hydrogen (secondary N) is 1. The Bertz CT molecular complexity index is 819. The highest BCUT2D eigenvalue weighted by Crippen LogP contribution is 2.23. The van der Waals surface area contributed by atoms with Gasteiger partial charge in [-0.05, 0) is 55.5 Å².